The second-order valence-corrected chi connectivity index (χ2v) is 6.66. The third kappa shape index (κ3) is 7.35. The predicted octanol–water partition coefficient (Wildman–Crippen LogP) is 3.31. The lowest BCUT2D eigenvalue weighted by Gasteiger charge is -2.22. The molecule has 2 N–H and O–H groups in total. The lowest BCUT2D eigenvalue weighted by molar-refractivity contribution is -0.130. The van der Waals surface area contributed by atoms with Crippen LogP contribution in [0.2, 0.25) is 0 Å². The molecule has 2 rings (SSSR count). The molecule has 0 aromatic heterocycles. The highest BCUT2D eigenvalue weighted by molar-refractivity contribution is 5.86. The molecule has 8 heteroatoms. The first-order valence-corrected chi connectivity index (χ1v) is 9.73. The van der Waals surface area contributed by atoms with E-state index < -0.39 is 6.61 Å². The molecule has 0 bridgehead atoms. The largest absolute Gasteiger partial charge is 0.434 e. The number of likely N-dealkylation sites (N-methyl/N-ethyl adjacent to an activating group) is 1. The summed E-state index contributed by atoms with van der Waals surface area (Å²) >= 11 is 0. The number of guanidine groups is 1. The Morgan fingerprint density at radius 1 is 1.17 bits per heavy atom. The van der Waals surface area contributed by atoms with Gasteiger partial charge in [0.05, 0.1) is 6.54 Å². The number of hydrogen-bond donors (Lipinski definition) is 2. The fraction of sp³-hybridized carbons (Fsp3) is 0.364. The first kappa shape index (κ1) is 23.1. The zero-order chi connectivity index (χ0) is 21.9. The van der Waals surface area contributed by atoms with E-state index in [0.717, 1.165) is 11.1 Å². The fourth-order valence-corrected chi connectivity index (χ4v) is 2.91. The average molecular weight is 418 g/mol. The maximum atomic E-state index is 12.6. The topological polar surface area (TPSA) is 66.0 Å². The molecule has 6 nitrogen and oxygen atoms in total. The van der Waals surface area contributed by atoms with Crippen molar-refractivity contribution < 1.29 is 18.3 Å². The van der Waals surface area contributed by atoms with Crippen LogP contribution in [0.15, 0.2) is 53.5 Å². The van der Waals surface area contributed by atoms with E-state index in [1.165, 1.54) is 6.07 Å². The molecule has 0 aliphatic rings. The summed E-state index contributed by atoms with van der Waals surface area (Å²) in [5, 5.41) is 6.01. The number of carbonyl (C=O) groups is 1. The van der Waals surface area contributed by atoms with Gasteiger partial charge in [0.2, 0.25) is 5.91 Å². The second-order valence-electron chi connectivity index (χ2n) is 6.66. The number of hydrogen-bond acceptors (Lipinski definition) is 3. The third-order valence-electron chi connectivity index (χ3n) is 4.46. The van der Waals surface area contributed by atoms with Crippen molar-refractivity contribution in [1.29, 1.82) is 0 Å². The Morgan fingerprint density at radius 2 is 1.90 bits per heavy atom. The van der Waals surface area contributed by atoms with Gasteiger partial charge in [-0.2, -0.15) is 8.78 Å². The quantitative estimate of drug-likeness (QED) is 0.484. The number of rotatable bonds is 9. The smallest absolute Gasteiger partial charge is 0.387 e. The van der Waals surface area contributed by atoms with Crippen molar-refractivity contribution in [3.05, 3.63) is 65.2 Å². The normalized spacial score (nSPS) is 11.3. The standard InChI is InChI=1S/C22H28F2N4O2/c1-4-28(15-17-8-6-5-7-9-17)20(29)14-27-22(25-3)26-13-18-12-16(2)10-11-19(18)30-21(23)24/h5-12,21H,4,13-15H2,1-3H3,(H2,25,26,27). The van der Waals surface area contributed by atoms with E-state index in [2.05, 4.69) is 20.4 Å². The van der Waals surface area contributed by atoms with Crippen molar-refractivity contribution in [3.63, 3.8) is 0 Å². The maximum absolute atomic E-state index is 12.6. The van der Waals surface area contributed by atoms with Gasteiger partial charge in [0, 0.05) is 32.2 Å². The Labute approximate surface area is 175 Å². The van der Waals surface area contributed by atoms with Crippen molar-refractivity contribution in [3.8, 4) is 5.75 Å². The number of halogens is 2. The van der Waals surface area contributed by atoms with Crippen LogP contribution in [0.4, 0.5) is 8.78 Å². The van der Waals surface area contributed by atoms with Gasteiger partial charge in [-0.3, -0.25) is 9.79 Å². The Morgan fingerprint density at radius 3 is 2.53 bits per heavy atom. The number of alkyl halides is 2. The van der Waals surface area contributed by atoms with Crippen LogP contribution >= 0.6 is 0 Å². The van der Waals surface area contributed by atoms with Crippen LogP contribution in [0.1, 0.15) is 23.6 Å². The summed E-state index contributed by atoms with van der Waals surface area (Å²) in [6.45, 7) is 2.30. The van der Waals surface area contributed by atoms with E-state index in [0.29, 0.717) is 24.6 Å². The molecule has 30 heavy (non-hydrogen) atoms. The lowest BCUT2D eigenvalue weighted by atomic mass is 10.1. The van der Waals surface area contributed by atoms with Crippen LogP contribution in [-0.2, 0) is 17.9 Å². The van der Waals surface area contributed by atoms with E-state index in [-0.39, 0.29) is 24.7 Å². The Bertz CT molecular complexity index is 844. The highest BCUT2D eigenvalue weighted by Crippen LogP contribution is 2.21. The van der Waals surface area contributed by atoms with Crippen molar-refractivity contribution >= 4 is 11.9 Å². The monoisotopic (exact) mass is 418 g/mol. The maximum Gasteiger partial charge on any atom is 0.387 e. The zero-order valence-corrected chi connectivity index (χ0v) is 17.5. The molecule has 1 amide bonds. The van der Waals surface area contributed by atoms with Gasteiger partial charge in [-0.05, 0) is 25.5 Å². The summed E-state index contributed by atoms with van der Waals surface area (Å²) in [4.78, 5) is 18.4. The molecule has 0 saturated heterocycles. The third-order valence-corrected chi connectivity index (χ3v) is 4.46. The van der Waals surface area contributed by atoms with Crippen LogP contribution in [0.5, 0.6) is 5.75 Å². The molecule has 0 radical (unpaired) electrons. The van der Waals surface area contributed by atoms with Crippen molar-refractivity contribution in [1.82, 2.24) is 15.5 Å². The molecule has 2 aromatic carbocycles. The number of benzene rings is 2. The average Bonchev–Trinajstić information content (AvgIpc) is 2.74. The second kappa shape index (κ2) is 11.7. The van der Waals surface area contributed by atoms with Crippen LogP contribution in [-0.4, -0.2) is 43.5 Å². The molecule has 0 atom stereocenters. The van der Waals surface area contributed by atoms with Crippen LogP contribution in [0, 0.1) is 6.92 Å². The molecular weight excluding hydrogens is 390 g/mol. The molecule has 0 fully saturated rings. The van der Waals surface area contributed by atoms with Gasteiger partial charge >= 0.3 is 6.61 Å². The molecule has 0 spiro atoms. The van der Waals surface area contributed by atoms with E-state index >= 15 is 0 Å². The molecular formula is C22H28F2N4O2. The van der Waals surface area contributed by atoms with Crippen LogP contribution in [0.25, 0.3) is 0 Å². The SMILES string of the molecule is CCN(Cc1ccccc1)C(=O)CNC(=NC)NCc1cc(C)ccc1OC(F)F. The van der Waals surface area contributed by atoms with Gasteiger partial charge in [0.1, 0.15) is 5.75 Å². The van der Waals surface area contributed by atoms with Gasteiger partial charge in [-0.1, -0.05) is 48.0 Å². The summed E-state index contributed by atoms with van der Waals surface area (Å²) in [5.41, 5.74) is 2.55. The van der Waals surface area contributed by atoms with Gasteiger partial charge < -0.3 is 20.3 Å². The number of nitrogens with one attached hydrogen (secondary N) is 2. The van der Waals surface area contributed by atoms with Crippen LogP contribution < -0.4 is 15.4 Å². The highest BCUT2D eigenvalue weighted by Gasteiger charge is 2.14. The van der Waals surface area contributed by atoms with Gasteiger partial charge in [-0.25, -0.2) is 0 Å². The van der Waals surface area contributed by atoms with Gasteiger partial charge in [0.25, 0.3) is 0 Å². The number of amides is 1. The molecule has 0 heterocycles. The van der Waals surface area contributed by atoms with E-state index in [4.69, 9.17) is 0 Å². The summed E-state index contributed by atoms with van der Waals surface area (Å²) in [6.07, 6.45) is 0. The first-order chi connectivity index (χ1) is 14.4. The Kier molecular flexibility index (Phi) is 9.05. The minimum absolute atomic E-state index is 0.0640. The molecule has 0 saturated carbocycles. The highest BCUT2D eigenvalue weighted by atomic mass is 19.3. The Balaban J connectivity index is 1.91. The van der Waals surface area contributed by atoms with Gasteiger partial charge in [-0.15, -0.1) is 0 Å². The summed E-state index contributed by atoms with van der Waals surface area (Å²) in [7, 11) is 1.58. The summed E-state index contributed by atoms with van der Waals surface area (Å²) < 4.78 is 29.8. The van der Waals surface area contributed by atoms with Gasteiger partial charge in [0.15, 0.2) is 5.96 Å². The van der Waals surface area contributed by atoms with Crippen molar-refractivity contribution in [2.24, 2.45) is 4.99 Å². The number of nitrogens with zero attached hydrogens (tertiary/aromatic N) is 2. The minimum atomic E-state index is -2.90. The molecule has 162 valence electrons. The zero-order valence-electron chi connectivity index (χ0n) is 17.5. The molecule has 0 aliphatic heterocycles. The Hall–Kier alpha value is -3.16. The molecule has 0 unspecified atom stereocenters. The first-order valence-electron chi connectivity index (χ1n) is 9.73. The van der Waals surface area contributed by atoms with Crippen molar-refractivity contribution in [2.75, 3.05) is 20.1 Å². The summed E-state index contributed by atoms with van der Waals surface area (Å²) in [5.74, 6) is 0.430. The van der Waals surface area contributed by atoms with Crippen molar-refractivity contribution in [2.45, 2.75) is 33.5 Å². The predicted molar refractivity (Wildman–Crippen MR) is 114 cm³/mol. The van der Waals surface area contributed by atoms with E-state index in [1.807, 2.05) is 44.2 Å². The number of carbonyl (C=O) groups excluding carboxylic acids is 1. The fourth-order valence-electron chi connectivity index (χ4n) is 2.91. The number of ether oxygens (including phenoxy) is 1. The molecule has 2 aromatic rings. The van der Waals surface area contributed by atoms with E-state index in [1.54, 1.807) is 24.1 Å². The van der Waals surface area contributed by atoms with E-state index in [9.17, 15) is 13.6 Å². The lowest BCUT2D eigenvalue weighted by Crippen LogP contribution is -2.44. The number of aryl methyl sites for hydroxylation is 1. The number of aliphatic imine (C=N–C) groups is 1. The van der Waals surface area contributed by atoms with Crippen LogP contribution in [0.3, 0.4) is 0 Å². The molecule has 0 aliphatic carbocycles. The minimum Gasteiger partial charge on any atom is -0.434 e. The summed E-state index contributed by atoms with van der Waals surface area (Å²) in [6, 6.07) is 14.8.